The van der Waals surface area contributed by atoms with E-state index in [9.17, 15) is 24.9 Å². The topological polar surface area (TPSA) is 120 Å². The number of unbranched alkanes of at least 4 members (excludes halogenated alkanes) is 1. The van der Waals surface area contributed by atoms with Crippen molar-refractivity contribution in [2.24, 2.45) is 0 Å². The van der Waals surface area contributed by atoms with Crippen molar-refractivity contribution in [2.45, 2.75) is 137 Å². The third kappa shape index (κ3) is 15.0. The molecule has 13 heteroatoms. The number of fused-ring (bicyclic) bond motifs is 2. The first-order valence-electron chi connectivity index (χ1n) is 30.3. The van der Waals surface area contributed by atoms with Crippen molar-refractivity contribution < 1.29 is 46.6 Å². The molecule has 0 atom stereocenters. The summed E-state index contributed by atoms with van der Waals surface area (Å²) in [5, 5.41) is 41.5. The Morgan fingerprint density at radius 1 is 0.682 bits per heavy atom. The number of allylic oxidation sites excluding steroid dienone is 8. The zero-order valence-corrected chi connectivity index (χ0v) is 51.7. The summed E-state index contributed by atoms with van der Waals surface area (Å²) in [6, 6.07) is 49.4. The summed E-state index contributed by atoms with van der Waals surface area (Å²) in [6.45, 7) is 24.1. The summed E-state index contributed by atoms with van der Waals surface area (Å²) in [7, 11) is -3.21. The minimum atomic E-state index is -1.63. The van der Waals surface area contributed by atoms with Crippen LogP contribution < -0.4 is 37.9 Å². The Morgan fingerprint density at radius 2 is 1.29 bits per heavy atom. The van der Waals surface area contributed by atoms with Crippen LogP contribution in [0.2, 0.25) is 0 Å². The Bertz CT molecular complexity index is 3470. The van der Waals surface area contributed by atoms with Crippen LogP contribution in [-0.4, -0.2) is 74.9 Å². The Balaban J connectivity index is 0.00000940. The lowest BCUT2D eigenvalue weighted by atomic mass is 9.77. The van der Waals surface area contributed by atoms with Gasteiger partial charge in [0.1, 0.15) is 18.1 Å². The van der Waals surface area contributed by atoms with E-state index in [1.54, 1.807) is 19.1 Å². The predicted octanol–water partition coefficient (Wildman–Crippen LogP) is 9.45. The van der Waals surface area contributed by atoms with E-state index in [1.807, 2.05) is 36.4 Å². The number of hydrogen-bond acceptors (Lipinski definition) is 9. The van der Waals surface area contributed by atoms with Gasteiger partial charge in [-0.2, -0.15) is 4.58 Å². The molecule has 1 aliphatic carbocycles. The van der Waals surface area contributed by atoms with E-state index >= 15 is 0 Å². The Hall–Kier alpha value is -7.02. The molecule has 2 aliphatic heterocycles. The van der Waals surface area contributed by atoms with Gasteiger partial charge in [-0.25, -0.2) is 0 Å². The summed E-state index contributed by atoms with van der Waals surface area (Å²) in [5.41, 5.74) is 16.1. The summed E-state index contributed by atoms with van der Waals surface area (Å²) in [4.78, 5) is 19.4. The highest BCUT2D eigenvalue weighted by molar-refractivity contribution is 6.59. The number of benzene rings is 6. The zero-order valence-electron chi connectivity index (χ0n) is 50.9. The minimum absolute atomic E-state index is 0. The van der Waals surface area contributed by atoms with E-state index < -0.39 is 14.2 Å². The lowest BCUT2D eigenvalue weighted by Gasteiger charge is -2.28. The van der Waals surface area contributed by atoms with Gasteiger partial charge in [0, 0.05) is 85.8 Å². The van der Waals surface area contributed by atoms with E-state index in [1.165, 1.54) is 45.1 Å². The minimum Gasteiger partial charge on any atom is -1.00 e. The van der Waals surface area contributed by atoms with Gasteiger partial charge in [-0.15, -0.1) is 0 Å². The average Bonchev–Trinajstić information content (AvgIpc) is 2.09. The van der Waals surface area contributed by atoms with Gasteiger partial charge in [0.25, 0.3) is 0 Å². The number of para-hydroxylation sites is 2. The van der Waals surface area contributed by atoms with Crippen LogP contribution in [0, 0.1) is 0 Å². The maximum atomic E-state index is 12.4. The van der Waals surface area contributed by atoms with Crippen molar-refractivity contribution >= 4 is 53.7 Å². The van der Waals surface area contributed by atoms with Crippen LogP contribution in [0.3, 0.4) is 0 Å². The van der Waals surface area contributed by atoms with Crippen molar-refractivity contribution in [1.29, 1.82) is 0 Å². The molecule has 2 heterocycles. The monoisotopic (exact) mass is 1160 g/mol. The summed E-state index contributed by atoms with van der Waals surface area (Å²) < 4.78 is 9.72. The van der Waals surface area contributed by atoms with Crippen LogP contribution in [0.15, 0.2) is 205 Å². The molecule has 0 saturated carbocycles. The number of rotatable bonds is 26. The highest BCUT2D eigenvalue weighted by atomic mass is 35.5. The molecule has 0 bridgehead atoms. The van der Waals surface area contributed by atoms with E-state index in [-0.39, 0.29) is 29.0 Å². The number of hydrogen-bond donors (Lipinski definition) is 4. The maximum absolute atomic E-state index is 12.4. The number of nitrogens with zero attached hydrogens (tertiary/aromatic N) is 4. The van der Waals surface area contributed by atoms with Gasteiger partial charge < -0.3 is 47.0 Å². The first-order valence-corrected chi connectivity index (χ1v) is 30.3. The molecule has 4 N–H and O–H groups in total. The molecule has 0 spiro atoms. The number of anilines is 2. The number of ketones is 1. The fourth-order valence-electron chi connectivity index (χ4n) is 12.6. The normalized spacial score (nSPS) is 16.1. The van der Waals surface area contributed by atoms with Crippen LogP contribution in [0.5, 0.6) is 5.75 Å². The highest BCUT2D eigenvalue weighted by Crippen LogP contribution is 2.48. The van der Waals surface area contributed by atoms with E-state index in [2.05, 4.69) is 189 Å². The zero-order chi connectivity index (χ0) is 59.5. The quantitative estimate of drug-likeness (QED) is 0.0182. The SMILES string of the molecule is C=C(C)C(=O)CCCCN(Cc1ccc(CN(Cc2ccccc2B(O)O)c2ccc(OC3=C(/C=C/C4=[N+](CCC)c5ccccc5C4(C)C)CCC/C3=C\C=C3\N(CCC)c4ccccc4C3(C)C)cc2)cc1)Cc1ccccc1B(O)O.[Cl-]. The lowest BCUT2D eigenvalue weighted by Crippen LogP contribution is -3.00. The number of carbonyl (C=O) groups is 1. The molecule has 0 fully saturated rings. The van der Waals surface area contributed by atoms with Gasteiger partial charge >= 0.3 is 14.2 Å². The molecule has 0 unspecified atom stereocenters. The second-order valence-corrected chi connectivity index (χ2v) is 24.0. The van der Waals surface area contributed by atoms with Crippen LogP contribution in [0.25, 0.3) is 0 Å². The van der Waals surface area contributed by atoms with Crippen LogP contribution >= 0.6 is 0 Å². The first-order chi connectivity index (χ1) is 40.5. The molecule has 10 nitrogen and oxygen atoms in total. The van der Waals surface area contributed by atoms with Crippen LogP contribution in [-0.2, 0) is 41.8 Å². The summed E-state index contributed by atoms with van der Waals surface area (Å²) in [6.07, 6.45) is 16.2. The predicted molar refractivity (Wildman–Crippen MR) is 347 cm³/mol. The fourth-order valence-corrected chi connectivity index (χ4v) is 12.6. The Kier molecular flexibility index (Phi) is 21.8. The third-order valence-corrected chi connectivity index (χ3v) is 17.1. The van der Waals surface area contributed by atoms with Gasteiger partial charge in [0.2, 0.25) is 5.69 Å². The number of ether oxygens (including phenoxy) is 1. The van der Waals surface area contributed by atoms with Crippen LogP contribution in [0.4, 0.5) is 17.1 Å². The van der Waals surface area contributed by atoms with E-state index in [4.69, 9.17) is 4.74 Å². The summed E-state index contributed by atoms with van der Waals surface area (Å²) in [5.74, 6) is 1.70. The van der Waals surface area contributed by atoms with Crippen molar-refractivity contribution in [3.63, 3.8) is 0 Å². The molecule has 85 heavy (non-hydrogen) atoms. The second-order valence-electron chi connectivity index (χ2n) is 24.0. The molecular weight excluding hydrogens is 1070 g/mol. The molecule has 0 aromatic heterocycles. The van der Waals surface area contributed by atoms with E-state index in [0.717, 1.165) is 97.5 Å². The average molecular weight is 1160 g/mol. The third-order valence-electron chi connectivity index (χ3n) is 17.1. The number of halogens is 1. The smallest absolute Gasteiger partial charge is 0.488 e. The summed E-state index contributed by atoms with van der Waals surface area (Å²) >= 11 is 0. The van der Waals surface area contributed by atoms with Crippen molar-refractivity contribution in [3.8, 4) is 5.75 Å². The van der Waals surface area contributed by atoms with Gasteiger partial charge in [-0.3, -0.25) is 9.69 Å². The van der Waals surface area contributed by atoms with Crippen molar-refractivity contribution in [2.75, 3.05) is 29.4 Å². The Morgan fingerprint density at radius 3 is 1.94 bits per heavy atom. The highest BCUT2D eigenvalue weighted by Gasteiger charge is 2.44. The standard InChI is InChI=1S/C72H85B2N4O6.ClH/c1-9-45-77-65-30-17-13-26-61(65)71(5,6)68(77)43-37-55-24-21-25-56(38-44-69-72(7,8)62-27-14-18-31-66(62)78(69)46-10-2)70(55)84-60-41-39-59(40-42-60)76(51-58-23-12-16-29-64(58)74(82)83)49-54-35-33-53(34-36-54)48-75(47-20-19-32-67(79)52(3)4)50-57-22-11-15-28-63(57)73(80)81;/h11-18,22-23,26-31,33-44,80-83H,3,9-10,19-21,24-25,32,45-51H2,1-2,4-8H3;1H/q+1;/p-1. The first kappa shape index (κ1) is 64.0. The fraction of sp³-hybridized carbons (Fsp3) is 0.333. The molecular formula is C72H85B2ClN4O6. The number of Topliss-reactive ketones (excluding diaryl/α,β-unsaturated/α-hetero) is 1. The Labute approximate surface area is 512 Å². The van der Waals surface area contributed by atoms with Gasteiger partial charge in [-0.1, -0.05) is 150 Å². The number of carbonyl (C=O) groups excluding carboxylic acids is 1. The van der Waals surface area contributed by atoms with Crippen molar-refractivity contribution in [3.05, 3.63) is 238 Å². The second kappa shape index (κ2) is 28.9. The van der Waals surface area contributed by atoms with Gasteiger partial charge in [-0.05, 0) is 164 Å². The molecule has 6 aromatic rings. The molecule has 6 aromatic carbocycles. The largest absolute Gasteiger partial charge is 1.00 e. The van der Waals surface area contributed by atoms with Crippen LogP contribution in [0.1, 0.15) is 133 Å². The van der Waals surface area contributed by atoms with Crippen molar-refractivity contribution in [1.82, 2.24) is 4.90 Å². The lowest BCUT2D eigenvalue weighted by molar-refractivity contribution is -0.437. The molecule has 3 aliphatic rings. The molecule has 442 valence electrons. The molecule has 0 radical (unpaired) electrons. The molecule has 9 rings (SSSR count). The van der Waals surface area contributed by atoms with Gasteiger partial charge in [0.15, 0.2) is 11.5 Å². The van der Waals surface area contributed by atoms with Gasteiger partial charge in [0.05, 0.1) is 5.41 Å². The van der Waals surface area contributed by atoms with E-state index in [0.29, 0.717) is 55.6 Å². The molecule has 0 amide bonds. The molecule has 0 saturated heterocycles. The maximum Gasteiger partial charge on any atom is 0.488 e.